The van der Waals surface area contributed by atoms with Crippen molar-refractivity contribution < 1.29 is 4.79 Å². The van der Waals surface area contributed by atoms with Crippen molar-refractivity contribution in [3.05, 3.63) is 40.5 Å². The smallest absolute Gasteiger partial charge is 0.271 e. The summed E-state index contributed by atoms with van der Waals surface area (Å²) in [6.07, 6.45) is 1.16. The molecule has 0 saturated carbocycles. The van der Waals surface area contributed by atoms with Gasteiger partial charge in [-0.1, -0.05) is 35.0 Å². The third kappa shape index (κ3) is 3.82. The number of amides is 1. The summed E-state index contributed by atoms with van der Waals surface area (Å²) in [6.45, 7) is 6.77. The van der Waals surface area contributed by atoms with Crippen LogP contribution in [-0.4, -0.2) is 58.6 Å². The molecule has 1 saturated heterocycles. The van der Waals surface area contributed by atoms with Crippen LogP contribution in [0, 0.1) is 0 Å². The zero-order chi connectivity index (χ0) is 16.2. The summed E-state index contributed by atoms with van der Waals surface area (Å²) in [7, 11) is 0. The van der Waals surface area contributed by atoms with E-state index < -0.39 is 0 Å². The highest BCUT2D eigenvalue weighted by Gasteiger charge is 2.23. The molecule has 1 aliphatic rings. The molecule has 1 aromatic heterocycles. The van der Waals surface area contributed by atoms with Crippen molar-refractivity contribution in [2.75, 3.05) is 32.7 Å². The molecule has 2 heterocycles. The second kappa shape index (κ2) is 7.27. The number of carbonyl (C=O) groups excluding carboxylic acids is 1. The summed E-state index contributed by atoms with van der Waals surface area (Å²) in [5.74, 6) is 0.0389. The van der Waals surface area contributed by atoms with Crippen LogP contribution in [0.3, 0.4) is 0 Å². The minimum atomic E-state index is 0.0389. The molecular weight excluding hydrogens is 356 g/mol. The van der Waals surface area contributed by atoms with Crippen molar-refractivity contribution in [1.82, 2.24) is 20.0 Å². The minimum Gasteiger partial charge on any atom is -0.335 e. The van der Waals surface area contributed by atoms with Gasteiger partial charge >= 0.3 is 0 Å². The number of nitrogens with one attached hydrogen (secondary N) is 1. The van der Waals surface area contributed by atoms with E-state index in [1.54, 1.807) is 0 Å². The van der Waals surface area contributed by atoms with E-state index >= 15 is 0 Å². The number of hydrogen-bond acceptors (Lipinski definition) is 3. The van der Waals surface area contributed by atoms with Gasteiger partial charge < -0.3 is 4.90 Å². The quantitative estimate of drug-likeness (QED) is 0.891. The van der Waals surface area contributed by atoms with Crippen LogP contribution >= 0.6 is 15.9 Å². The van der Waals surface area contributed by atoms with E-state index in [0.29, 0.717) is 5.69 Å². The third-order valence-electron chi connectivity index (χ3n) is 4.15. The average Bonchev–Trinajstić information content (AvgIpc) is 3.06. The van der Waals surface area contributed by atoms with Crippen molar-refractivity contribution in [1.29, 1.82) is 0 Å². The fourth-order valence-corrected chi connectivity index (χ4v) is 3.13. The van der Waals surface area contributed by atoms with E-state index in [4.69, 9.17) is 0 Å². The Hall–Kier alpha value is -1.66. The highest BCUT2D eigenvalue weighted by atomic mass is 79.9. The predicted molar refractivity (Wildman–Crippen MR) is 94.4 cm³/mol. The van der Waals surface area contributed by atoms with Crippen LogP contribution in [0.15, 0.2) is 34.8 Å². The number of H-pyrrole nitrogens is 1. The Morgan fingerprint density at radius 1 is 1.22 bits per heavy atom. The van der Waals surface area contributed by atoms with Crippen LogP contribution in [0.25, 0.3) is 11.3 Å². The molecule has 1 aliphatic heterocycles. The van der Waals surface area contributed by atoms with Crippen LogP contribution in [0.2, 0.25) is 0 Å². The standard InChI is InChI=1S/C17H21BrN4O/c1-2-7-21-8-10-22(11-9-21)17(23)16-12-15(19-20-16)13-3-5-14(18)6-4-13/h3-6,12H,2,7-11H2,1H3,(H,19,20). The number of carbonyl (C=O) groups is 1. The summed E-state index contributed by atoms with van der Waals surface area (Å²) in [5.41, 5.74) is 2.36. The van der Waals surface area contributed by atoms with Crippen molar-refractivity contribution in [2.24, 2.45) is 0 Å². The zero-order valence-corrected chi connectivity index (χ0v) is 14.8. The van der Waals surface area contributed by atoms with Crippen LogP contribution < -0.4 is 0 Å². The lowest BCUT2D eigenvalue weighted by atomic mass is 10.1. The monoisotopic (exact) mass is 376 g/mol. The van der Waals surface area contributed by atoms with E-state index in [0.717, 1.165) is 54.9 Å². The van der Waals surface area contributed by atoms with Gasteiger partial charge in [-0.3, -0.25) is 14.8 Å². The summed E-state index contributed by atoms with van der Waals surface area (Å²) >= 11 is 3.42. The van der Waals surface area contributed by atoms with Crippen molar-refractivity contribution >= 4 is 21.8 Å². The highest BCUT2D eigenvalue weighted by molar-refractivity contribution is 9.10. The normalized spacial score (nSPS) is 15.8. The molecule has 1 aromatic carbocycles. The van der Waals surface area contributed by atoms with Crippen LogP contribution in [0.4, 0.5) is 0 Å². The van der Waals surface area contributed by atoms with Gasteiger partial charge in [-0.2, -0.15) is 5.10 Å². The summed E-state index contributed by atoms with van der Waals surface area (Å²) in [5, 5.41) is 7.16. The molecule has 0 atom stereocenters. The van der Waals surface area contributed by atoms with Gasteiger partial charge in [0.2, 0.25) is 0 Å². The van der Waals surface area contributed by atoms with Gasteiger partial charge in [0.15, 0.2) is 0 Å². The maximum absolute atomic E-state index is 12.6. The van der Waals surface area contributed by atoms with E-state index in [-0.39, 0.29) is 5.91 Å². The molecule has 122 valence electrons. The molecule has 6 heteroatoms. The maximum Gasteiger partial charge on any atom is 0.271 e. The summed E-state index contributed by atoms with van der Waals surface area (Å²) in [6, 6.07) is 9.75. The molecule has 0 radical (unpaired) electrons. The predicted octanol–water partition coefficient (Wildman–Crippen LogP) is 3.01. The van der Waals surface area contributed by atoms with Gasteiger partial charge in [0, 0.05) is 36.2 Å². The first kappa shape index (κ1) is 16.2. The summed E-state index contributed by atoms with van der Waals surface area (Å²) in [4.78, 5) is 16.9. The number of hydrogen-bond donors (Lipinski definition) is 1. The van der Waals surface area contributed by atoms with Gasteiger partial charge in [0.1, 0.15) is 5.69 Å². The highest BCUT2D eigenvalue weighted by Crippen LogP contribution is 2.21. The lowest BCUT2D eigenvalue weighted by Gasteiger charge is -2.34. The van der Waals surface area contributed by atoms with Gasteiger partial charge in [0.05, 0.1) is 5.69 Å². The van der Waals surface area contributed by atoms with Gasteiger partial charge in [-0.25, -0.2) is 0 Å². The van der Waals surface area contributed by atoms with Crippen LogP contribution in [0.5, 0.6) is 0 Å². The second-order valence-corrected chi connectivity index (χ2v) is 6.72. The number of halogens is 1. The lowest BCUT2D eigenvalue weighted by Crippen LogP contribution is -2.48. The molecule has 1 fully saturated rings. The average molecular weight is 377 g/mol. The fraction of sp³-hybridized carbons (Fsp3) is 0.412. The van der Waals surface area contributed by atoms with Crippen molar-refractivity contribution in [3.8, 4) is 11.3 Å². The topological polar surface area (TPSA) is 52.2 Å². The molecular formula is C17H21BrN4O. The molecule has 1 N–H and O–H groups in total. The maximum atomic E-state index is 12.6. The Morgan fingerprint density at radius 3 is 2.57 bits per heavy atom. The first-order valence-electron chi connectivity index (χ1n) is 8.00. The number of benzene rings is 1. The largest absolute Gasteiger partial charge is 0.335 e. The first-order valence-corrected chi connectivity index (χ1v) is 8.79. The van der Waals surface area contributed by atoms with E-state index in [2.05, 4.69) is 38.0 Å². The molecule has 0 spiro atoms. The van der Waals surface area contributed by atoms with Crippen molar-refractivity contribution in [2.45, 2.75) is 13.3 Å². The van der Waals surface area contributed by atoms with Gasteiger partial charge in [0.25, 0.3) is 5.91 Å². The van der Waals surface area contributed by atoms with Crippen LogP contribution in [0.1, 0.15) is 23.8 Å². The van der Waals surface area contributed by atoms with E-state index in [9.17, 15) is 4.79 Å². The Kier molecular flexibility index (Phi) is 5.13. The third-order valence-corrected chi connectivity index (χ3v) is 4.68. The second-order valence-electron chi connectivity index (χ2n) is 5.81. The molecule has 0 bridgehead atoms. The van der Waals surface area contributed by atoms with Gasteiger partial charge in [-0.05, 0) is 31.2 Å². The van der Waals surface area contributed by atoms with Crippen LogP contribution in [-0.2, 0) is 0 Å². The first-order chi connectivity index (χ1) is 11.2. The van der Waals surface area contributed by atoms with E-state index in [1.807, 2.05) is 35.2 Å². The minimum absolute atomic E-state index is 0.0389. The fourth-order valence-electron chi connectivity index (χ4n) is 2.86. The zero-order valence-electron chi connectivity index (χ0n) is 13.3. The molecule has 1 amide bonds. The number of aromatic nitrogens is 2. The van der Waals surface area contributed by atoms with Gasteiger partial charge in [-0.15, -0.1) is 0 Å². The molecule has 2 aromatic rings. The molecule has 0 unspecified atom stereocenters. The molecule has 5 nitrogen and oxygen atoms in total. The molecule has 0 aliphatic carbocycles. The number of aromatic amines is 1. The Labute approximate surface area is 144 Å². The van der Waals surface area contributed by atoms with Crippen molar-refractivity contribution in [3.63, 3.8) is 0 Å². The number of rotatable bonds is 4. The SMILES string of the molecule is CCCN1CCN(C(=O)c2cc(-c3ccc(Br)cc3)n[nH]2)CC1. The number of piperazine rings is 1. The van der Waals surface area contributed by atoms with E-state index in [1.165, 1.54) is 0 Å². The summed E-state index contributed by atoms with van der Waals surface area (Å²) < 4.78 is 1.03. The molecule has 3 rings (SSSR count). The number of nitrogens with zero attached hydrogens (tertiary/aromatic N) is 3. The lowest BCUT2D eigenvalue weighted by molar-refractivity contribution is 0.0631. The molecule has 23 heavy (non-hydrogen) atoms. The Morgan fingerprint density at radius 2 is 1.91 bits per heavy atom. The Balaban J connectivity index is 1.66. The Bertz CT molecular complexity index is 659.